The van der Waals surface area contributed by atoms with Crippen molar-refractivity contribution in [2.45, 2.75) is 13.0 Å². The largest absolute Gasteiger partial charge is 0.458 e. The van der Waals surface area contributed by atoms with Crippen LogP contribution in [0.2, 0.25) is 0 Å². The van der Waals surface area contributed by atoms with Crippen molar-refractivity contribution in [3.8, 4) is 12.0 Å². The average Bonchev–Trinajstić information content (AvgIpc) is 3.24. The Kier molecular flexibility index (Phi) is 5.55. The summed E-state index contributed by atoms with van der Waals surface area (Å²) in [6, 6.07) is 10.5. The first kappa shape index (κ1) is 20.2. The third-order valence-electron chi connectivity index (χ3n) is 4.96. The second kappa shape index (κ2) is 8.79. The number of pyridine rings is 1. The first-order valence-corrected chi connectivity index (χ1v) is 10.1. The maximum absolute atomic E-state index is 13.9. The SMILES string of the molecule is FC(F)c1nc2ccccc2n1-c1nc(OCc2cccnc2)nc(N2CCOCC2)n1. The van der Waals surface area contributed by atoms with Gasteiger partial charge in [-0.15, -0.1) is 0 Å². The number of halogens is 2. The summed E-state index contributed by atoms with van der Waals surface area (Å²) in [5.41, 5.74) is 1.72. The van der Waals surface area contributed by atoms with Crippen LogP contribution in [-0.2, 0) is 11.3 Å². The smallest absolute Gasteiger partial charge is 0.323 e. The molecule has 0 unspecified atom stereocenters. The van der Waals surface area contributed by atoms with Crippen LogP contribution in [0, 0.1) is 0 Å². The number of alkyl halides is 2. The summed E-state index contributed by atoms with van der Waals surface area (Å²) in [6.45, 7) is 2.34. The summed E-state index contributed by atoms with van der Waals surface area (Å²) in [7, 11) is 0. The van der Waals surface area contributed by atoms with Gasteiger partial charge in [0.25, 0.3) is 6.43 Å². The number of rotatable bonds is 6. The fraction of sp³-hybridized carbons (Fsp3) is 0.286. The van der Waals surface area contributed by atoms with Crippen molar-refractivity contribution < 1.29 is 18.3 Å². The Morgan fingerprint density at radius 1 is 0.969 bits per heavy atom. The molecule has 1 aliphatic heterocycles. The van der Waals surface area contributed by atoms with Crippen LogP contribution in [0.4, 0.5) is 14.7 Å². The Bertz CT molecular complexity index is 1210. The summed E-state index contributed by atoms with van der Waals surface area (Å²) in [4.78, 5) is 23.3. The molecule has 4 aromatic rings. The lowest BCUT2D eigenvalue weighted by atomic mass is 10.3. The van der Waals surface area contributed by atoms with E-state index in [9.17, 15) is 8.78 Å². The molecule has 11 heteroatoms. The van der Waals surface area contributed by atoms with Crippen LogP contribution in [0.15, 0.2) is 48.8 Å². The molecule has 0 N–H and O–H groups in total. The highest BCUT2D eigenvalue weighted by molar-refractivity contribution is 5.77. The predicted octanol–water partition coefficient (Wildman–Crippen LogP) is 2.96. The third-order valence-corrected chi connectivity index (χ3v) is 4.96. The van der Waals surface area contributed by atoms with Gasteiger partial charge in [0, 0.05) is 31.0 Å². The van der Waals surface area contributed by atoms with Gasteiger partial charge in [-0.05, 0) is 18.2 Å². The van der Waals surface area contributed by atoms with Crippen molar-refractivity contribution in [1.29, 1.82) is 0 Å². The van der Waals surface area contributed by atoms with Gasteiger partial charge in [0.15, 0.2) is 5.82 Å². The number of para-hydroxylation sites is 2. The summed E-state index contributed by atoms with van der Waals surface area (Å²) < 4.78 is 40.2. The molecule has 0 amide bonds. The van der Waals surface area contributed by atoms with Crippen molar-refractivity contribution in [1.82, 2.24) is 29.5 Å². The number of nitrogens with zero attached hydrogens (tertiary/aromatic N) is 7. The zero-order valence-electron chi connectivity index (χ0n) is 16.9. The van der Waals surface area contributed by atoms with Gasteiger partial charge in [0.1, 0.15) is 6.61 Å². The van der Waals surface area contributed by atoms with Crippen LogP contribution >= 0.6 is 0 Å². The number of aromatic nitrogens is 6. The van der Waals surface area contributed by atoms with Crippen LogP contribution in [0.25, 0.3) is 17.0 Å². The van der Waals surface area contributed by atoms with E-state index in [1.54, 1.807) is 42.7 Å². The number of hydrogen-bond acceptors (Lipinski definition) is 8. The molecule has 5 rings (SSSR count). The molecule has 9 nitrogen and oxygen atoms in total. The highest BCUT2D eigenvalue weighted by Gasteiger charge is 2.24. The van der Waals surface area contributed by atoms with Crippen LogP contribution < -0.4 is 9.64 Å². The lowest BCUT2D eigenvalue weighted by Gasteiger charge is -2.27. The van der Waals surface area contributed by atoms with E-state index in [0.717, 1.165) is 5.56 Å². The molecular weight excluding hydrogens is 420 g/mol. The second-order valence-corrected chi connectivity index (χ2v) is 7.06. The number of anilines is 1. The molecule has 3 aromatic heterocycles. The zero-order chi connectivity index (χ0) is 21.9. The van der Waals surface area contributed by atoms with Crippen molar-refractivity contribution in [2.24, 2.45) is 0 Å². The molecule has 164 valence electrons. The Morgan fingerprint density at radius 3 is 2.56 bits per heavy atom. The highest BCUT2D eigenvalue weighted by atomic mass is 19.3. The van der Waals surface area contributed by atoms with E-state index in [2.05, 4.69) is 24.9 Å². The second-order valence-electron chi connectivity index (χ2n) is 7.06. The number of hydrogen-bond donors (Lipinski definition) is 0. The van der Waals surface area contributed by atoms with E-state index >= 15 is 0 Å². The van der Waals surface area contributed by atoms with E-state index in [1.807, 2.05) is 11.0 Å². The highest BCUT2D eigenvalue weighted by Crippen LogP contribution is 2.28. The molecular formula is C21H19F2N7O2. The standard InChI is InChI=1S/C21H19F2N7O2/c22-17(23)18-25-15-5-1-2-6-16(15)30(18)20-26-19(29-8-10-31-11-9-29)27-21(28-20)32-13-14-4-3-7-24-12-14/h1-7,12,17H,8-11,13H2. The van der Waals surface area contributed by atoms with Gasteiger partial charge in [0.05, 0.1) is 24.2 Å². The van der Waals surface area contributed by atoms with E-state index in [4.69, 9.17) is 9.47 Å². The van der Waals surface area contributed by atoms with E-state index in [1.165, 1.54) is 4.57 Å². The number of ether oxygens (including phenoxy) is 2. The van der Waals surface area contributed by atoms with Gasteiger partial charge in [0.2, 0.25) is 11.9 Å². The predicted molar refractivity (Wildman–Crippen MR) is 111 cm³/mol. The Labute approximate surface area is 181 Å². The van der Waals surface area contributed by atoms with Gasteiger partial charge < -0.3 is 14.4 Å². The summed E-state index contributed by atoms with van der Waals surface area (Å²) in [5, 5.41) is 0. The fourth-order valence-corrected chi connectivity index (χ4v) is 3.44. The Morgan fingerprint density at radius 2 is 1.78 bits per heavy atom. The quantitative estimate of drug-likeness (QED) is 0.453. The van der Waals surface area contributed by atoms with Crippen molar-refractivity contribution >= 4 is 17.0 Å². The molecule has 32 heavy (non-hydrogen) atoms. The van der Waals surface area contributed by atoms with Crippen LogP contribution in [0.1, 0.15) is 17.8 Å². The zero-order valence-corrected chi connectivity index (χ0v) is 16.9. The molecule has 0 atom stereocenters. The minimum absolute atomic E-state index is 0.0201. The first-order valence-electron chi connectivity index (χ1n) is 10.1. The minimum Gasteiger partial charge on any atom is -0.458 e. The summed E-state index contributed by atoms with van der Waals surface area (Å²) >= 11 is 0. The molecule has 0 bridgehead atoms. The number of morpholine rings is 1. The van der Waals surface area contributed by atoms with E-state index < -0.39 is 12.2 Å². The summed E-state index contributed by atoms with van der Waals surface area (Å²) in [6.07, 6.45) is 0.520. The van der Waals surface area contributed by atoms with Crippen LogP contribution in [0.3, 0.4) is 0 Å². The molecule has 4 heterocycles. The Balaban J connectivity index is 1.60. The normalized spacial score (nSPS) is 14.3. The first-order chi connectivity index (χ1) is 15.7. The average molecular weight is 439 g/mol. The van der Waals surface area contributed by atoms with Crippen molar-refractivity contribution in [3.05, 3.63) is 60.2 Å². The lowest BCUT2D eigenvalue weighted by molar-refractivity contribution is 0.122. The topological polar surface area (TPSA) is 91.1 Å². The minimum atomic E-state index is -2.81. The maximum atomic E-state index is 13.9. The van der Waals surface area contributed by atoms with Gasteiger partial charge in [-0.2, -0.15) is 15.0 Å². The molecule has 1 aliphatic rings. The number of benzene rings is 1. The molecule has 0 spiro atoms. The van der Waals surface area contributed by atoms with Gasteiger partial charge >= 0.3 is 6.01 Å². The van der Waals surface area contributed by atoms with Crippen molar-refractivity contribution in [3.63, 3.8) is 0 Å². The van der Waals surface area contributed by atoms with Crippen LogP contribution in [0.5, 0.6) is 6.01 Å². The molecule has 0 radical (unpaired) electrons. The van der Waals surface area contributed by atoms with Gasteiger partial charge in [-0.25, -0.2) is 13.8 Å². The van der Waals surface area contributed by atoms with Crippen molar-refractivity contribution in [2.75, 3.05) is 31.2 Å². The lowest BCUT2D eigenvalue weighted by Crippen LogP contribution is -2.37. The van der Waals surface area contributed by atoms with E-state index in [0.29, 0.717) is 43.3 Å². The molecule has 1 saturated heterocycles. The number of imidazole rings is 1. The third kappa shape index (κ3) is 4.06. The Hall–Kier alpha value is -3.73. The van der Waals surface area contributed by atoms with Gasteiger partial charge in [-0.3, -0.25) is 9.55 Å². The van der Waals surface area contributed by atoms with E-state index in [-0.39, 0.29) is 18.6 Å². The molecule has 1 fully saturated rings. The van der Waals surface area contributed by atoms with Crippen LogP contribution in [-0.4, -0.2) is 55.8 Å². The molecule has 0 aliphatic carbocycles. The number of fused-ring (bicyclic) bond motifs is 1. The molecule has 1 aromatic carbocycles. The molecule has 0 saturated carbocycles. The maximum Gasteiger partial charge on any atom is 0.323 e. The monoisotopic (exact) mass is 439 g/mol. The fourth-order valence-electron chi connectivity index (χ4n) is 3.44. The van der Waals surface area contributed by atoms with Gasteiger partial charge in [-0.1, -0.05) is 18.2 Å². The summed E-state index contributed by atoms with van der Waals surface area (Å²) in [5.74, 6) is -0.0901.